The molecule has 0 aromatic heterocycles. The van der Waals surface area contributed by atoms with E-state index >= 15 is 0 Å². The lowest BCUT2D eigenvalue weighted by Crippen LogP contribution is -2.48. The molecule has 2 rings (SSSR count). The van der Waals surface area contributed by atoms with Crippen LogP contribution >= 0.6 is 0 Å². The van der Waals surface area contributed by atoms with Crippen molar-refractivity contribution in [2.24, 2.45) is 0 Å². The number of non-ortho nitro benzene ring substituents is 1. The van der Waals surface area contributed by atoms with Gasteiger partial charge in [-0.15, -0.1) is 0 Å². The van der Waals surface area contributed by atoms with Gasteiger partial charge in [-0.05, 0) is 57.9 Å². The van der Waals surface area contributed by atoms with Gasteiger partial charge < -0.3 is 10.6 Å². The number of sulfonamides is 1. The van der Waals surface area contributed by atoms with Crippen LogP contribution in [0.1, 0.15) is 31.9 Å². The summed E-state index contributed by atoms with van der Waals surface area (Å²) in [6.07, 6.45) is 0. The van der Waals surface area contributed by atoms with Crippen molar-refractivity contribution in [1.29, 1.82) is 0 Å². The fraction of sp³-hybridized carbons (Fsp3) is 0.316. The quantitative estimate of drug-likeness (QED) is 0.499. The molecule has 0 bridgehead atoms. The fourth-order valence-electron chi connectivity index (χ4n) is 2.52. The molecule has 0 atom stereocenters. The maximum atomic E-state index is 12.8. The van der Waals surface area contributed by atoms with Gasteiger partial charge in [0, 0.05) is 23.4 Å². The smallest absolute Gasteiger partial charge is 0.329 e. The molecule has 2 aromatic carbocycles. The van der Waals surface area contributed by atoms with E-state index in [2.05, 4.69) is 10.6 Å². The summed E-state index contributed by atoms with van der Waals surface area (Å²) in [5, 5.41) is 16.6. The maximum Gasteiger partial charge on any atom is 0.329 e. The van der Waals surface area contributed by atoms with Crippen LogP contribution in [0.4, 0.5) is 21.9 Å². The number of nitro groups is 1. The van der Waals surface area contributed by atoms with E-state index < -0.39 is 37.1 Å². The number of rotatable bonds is 5. The summed E-state index contributed by atoms with van der Waals surface area (Å²) in [7, 11) is -4.39. The Morgan fingerprint density at radius 1 is 1.07 bits per heavy atom. The molecule has 0 saturated carbocycles. The van der Waals surface area contributed by atoms with Crippen LogP contribution in [0.25, 0.3) is 0 Å². The summed E-state index contributed by atoms with van der Waals surface area (Å²) in [4.78, 5) is 22.1. The van der Waals surface area contributed by atoms with Crippen molar-refractivity contribution in [3.05, 3.63) is 57.6 Å². The average molecular weight is 420 g/mol. The van der Waals surface area contributed by atoms with E-state index in [-0.39, 0.29) is 5.69 Å². The highest BCUT2D eigenvalue weighted by Gasteiger charge is 2.26. The minimum atomic E-state index is -4.39. The number of nitrogens with one attached hydrogen (secondary N) is 3. The van der Waals surface area contributed by atoms with Gasteiger partial charge in [0.2, 0.25) is 0 Å². The summed E-state index contributed by atoms with van der Waals surface area (Å²) < 4.78 is 27.6. The third-order valence-corrected chi connectivity index (χ3v) is 5.43. The highest BCUT2D eigenvalue weighted by atomic mass is 32.2. The first kappa shape index (κ1) is 22.2. The molecule has 0 aliphatic rings. The lowest BCUT2D eigenvalue weighted by molar-refractivity contribution is -0.385. The largest absolute Gasteiger partial charge is 0.354 e. The molecule has 9 nitrogen and oxygen atoms in total. The second kappa shape index (κ2) is 8.08. The first-order valence-electron chi connectivity index (χ1n) is 8.77. The number of hydrogen-bond donors (Lipinski definition) is 3. The number of carbonyl (C=O) groups excluding carboxylic acids is 1. The van der Waals surface area contributed by atoms with Crippen molar-refractivity contribution >= 4 is 33.1 Å². The summed E-state index contributed by atoms with van der Waals surface area (Å²) >= 11 is 0. The van der Waals surface area contributed by atoms with Crippen LogP contribution in [0, 0.1) is 24.0 Å². The predicted molar refractivity (Wildman–Crippen MR) is 111 cm³/mol. The van der Waals surface area contributed by atoms with Gasteiger partial charge in [0.25, 0.3) is 15.7 Å². The highest BCUT2D eigenvalue weighted by molar-refractivity contribution is 7.90. The number of nitro benzene ring substituents is 1. The molecule has 0 spiro atoms. The van der Waals surface area contributed by atoms with E-state index in [1.165, 1.54) is 12.1 Å². The molecule has 10 heteroatoms. The highest BCUT2D eigenvalue weighted by Crippen LogP contribution is 2.30. The van der Waals surface area contributed by atoms with Crippen molar-refractivity contribution in [3.8, 4) is 0 Å². The molecular weight excluding hydrogens is 396 g/mol. The maximum absolute atomic E-state index is 12.8. The zero-order chi connectivity index (χ0) is 22.0. The van der Waals surface area contributed by atoms with Crippen LogP contribution < -0.4 is 15.4 Å². The Kier molecular flexibility index (Phi) is 6.17. The van der Waals surface area contributed by atoms with Crippen LogP contribution in [0.15, 0.2) is 41.3 Å². The lowest BCUT2D eigenvalue weighted by atomic mass is 10.1. The summed E-state index contributed by atoms with van der Waals surface area (Å²) in [5.41, 5.74) is 1.57. The molecule has 156 valence electrons. The second-order valence-electron chi connectivity index (χ2n) is 7.62. The normalized spacial score (nSPS) is 11.6. The zero-order valence-corrected chi connectivity index (χ0v) is 17.7. The Bertz CT molecular complexity index is 1060. The fourth-order valence-corrected chi connectivity index (χ4v) is 3.61. The van der Waals surface area contributed by atoms with Crippen molar-refractivity contribution in [2.75, 3.05) is 5.32 Å². The molecular formula is C19H24N4O5S. The first-order valence-corrected chi connectivity index (χ1v) is 10.2. The monoisotopic (exact) mass is 420 g/mol. The molecule has 3 N–H and O–H groups in total. The third kappa shape index (κ3) is 5.67. The van der Waals surface area contributed by atoms with Gasteiger partial charge in [-0.2, -0.15) is 0 Å². The van der Waals surface area contributed by atoms with Crippen molar-refractivity contribution in [2.45, 2.75) is 45.1 Å². The molecule has 0 unspecified atom stereocenters. The summed E-state index contributed by atoms with van der Waals surface area (Å²) in [6.45, 7) is 8.86. The van der Waals surface area contributed by atoms with Crippen LogP contribution in [-0.2, 0) is 10.0 Å². The van der Waals surface area contributed by atoms with E-state index in [0.717, 1.165) is 17.2 Å². The van der Waals surface area contributed by atoms with Gasteiger partial charge in [0.1, 0.15) is 4.90 Å². The van der Waals surface area contributed by atoms with Crippen molar-refractivity contribution < 1.29 is 18.1 Å². The lowest BCUT2D eigenvalue weighted by Gasteiger charge is -2.21. The van der Waals surface area contributed by atoms with E-state index in [1.807, 2.05) is 24.6 Å². The zero-order valence-electron chi connectivity index (χ0n) is 16.9. The molecule has 2 amide bonds. The standard InChI is InChI=1S/C19H24N4O5S/c1-12-7-6-8-15(13(12)2)20-16-10-9-14(23(25)26)11-17(16)29(27,28)22-18(24)21-19(3,4)5/h6-11,20H,1-5H3,(H2,21,22,24). The number of nitrogens with zero attached hydrogens (tertiary/aromatic N) is 1. The number of carbonyl (C=O) groups is 1. The minimum Gasteiger partial charge on any atom is -0.354 e. The van der Waals surface area contributed by atoms with E-state index in [0.29, 0.717) is 5.69 Å². The molecule has 0 aliphatic heterocycles. The Morgan fingerprint density at radius 2 is 1.72 bits per heavy atom. The Morgan fingerprint density at radius 3 is 2.31 bits per heavy atom. The minimum absolute atomic E-state index is 0.111. The predicted octanol–water partition coefficient (Wildman–Crippen LogP) is 3.74. The number of hydrogen-bond acceptors (Lipinski definition) is 6. The number of urea groups is 1. The topological polar surface area (TPSA) is 130 Å². The van der Waals surface area contributed by atoms with Gasteiger partial charge in [-0.1, -0.05) is 12.1 Å². The summed E-state index contributed by atoms with van der Waals surface area (Å²) in [6, 6.07) is 7.96. The van der Waals surface area contributed by atoms with Gasteiger partial charge in [-0.25, -0.2) is 17.9 Å². The van der Waals surface area contributed by atoms with E-state index in [9.17, 15) is 23.3 Å². The summed E-state index contributed by atoms with van der Waals surface area (Å²) in [5.74, 6) is 0. The number of aryl methyl sites for hydroxylation is 1. The molecule has 0 radical (unpaired) electrons. The van der Waals surface area contributed by atoms with Crippen molar-refractivity contribution in [1.82, 2.24) is 10.0 Å². The van der Waals surface area contributed by atoms with Crippen LogP contribution in [0.5, 0.6) is 0 Å². The third-order valence-electron chi connectivity index (χ3n) is 4.06. The van der Waals surface area contributed by atoms with Crippen LogP contribution in [-0.4, -0.2) is 24.9 Å². The van der Waals surface area contributed by atoms with E-state index in [4.69, 9.17) is 0 Å². The number of anilines is 2. The first-order chi connectivity index (χ1) is 13.3. The number of amides is 2. The second-order valence-corrected chi connectivity index (χ2v) is 9.27. The van der Waals surface area contributed by atoms with Gasteiger partial charge in [0.05, 0.1) is 10.6 Å². The Hall–Kier alpha value is -3.14. The Labute approximate surface area is 169 Å². The van der Waals surface area contributed by atoms with Gasteiger partial charge >= 0.3 is 6.03 Å². The van der Waals surface area contributed by atoms with Crippen LogP contribution in [0.2, 0.25) is 0 Å². The van der Waals surface area contributed by atoms with Gasteiger partial charge in [-0.3, -0.25) is 10.1 Å². The molecule has 0 saturated heterocycles. The van der Waals surface area contributed by atoms with Crippen molar-refractivity contribution in [3.63, 3.8) is 0 Å². The average Bonchev–Trinajstić information content (AvgIpc) is 2.56. The molecule has 29 heavy (non-hydrogen) atoms. The Balaban J connectivity index is 2.50. The molecule has 0 fully saturated rings. The molecule has 0 heterocycles. The molecule has 0 aliphatic carbocycles. The number of benzene rings is 2. The van der Waals surface area contributed by atoms with E-state index in [1.54, 1.807) is 32.9 Å². The van der Waals surface area contributed by atoms with Crippen LogP contribution in [0.3, 0.4) is 0 Å². The SMILES string of the molecule is Cc1cccc(Nc2ccc([N+](=O)[O-])cc2S(=O)(=O)NC(=O)NC(C)(C)C)c1C. The van der Waals surface area contributed by atoms with Gasteiger partial charge in [0.15, 0.2) is 0 Å². The molecule has 2 aromatic rings.